The molecule has 0 atom stereocenters. The summed E-state index contributed by atoms with van der Waals surface area (Å²) in [7, 11) is 0. The summed E-state index contributed by atoms with van der Waals surface area (Å²) in [5.41, 5.74) is 1.98. The van der Waals surface area contributed by atoms with Crippen molar-refractivity contribution < 1.29 is 4.39 Å². The molecular formula is C14H11FN2. The van der Waals surface area contributed by atoms with Crippen molar-refractivity contribution in [2.75, 3.05) is 0 Å². The van der Waals surface area contributed by atoms with Crippen LogP contribution in [0.3, 0.4) is 0 Å². The van der Waals surface area contributed by atoms with E-state index in [1.807, 2.05) is 35.0 Å². The third-order valence-corrected chi connectivity index (χ3v) is 2.78. The van der Waals surface area contributed by atoms with Gasteiger partial charge in [0.25, 0.3) is 0 Å². The predicted octanol–water partition coefficient (Wildman–Crippen LogP) is 3.22. The van der Waals surface area contributed by atoms with Crippen molar-refractivity contribution in [1.82, 2.24) is 9.78 Å². The Balaban J connectivity index is 2.03. The number of fused-ring (bicyclic) bond motifs is 1. The van der Waals surface area contributed by atoms with Gasteiger partial charge in [-0.15, -0.1) is 0 Å². The summed E-state index contributed by atoms with van der Waals surface area (Å²) in [6.07, 6.45) is 1.76. The van der Waals surface area contributed by atoms with Crippen LogP contribution in [0.1, 0.15) is 5.56 Å². The largest absolute Gasteiger partial charge is 0.260 e. The lowest BCUT2D eigenvalue weighted by atomic mass is 10.2. The Morgan fingerprint density at radius 3 is 2.71 bits per heavy atom. The second kappa shape index (κ2) is 4.01. The van der Waals surface area contributed by atoms with Gasteiger partial charge in [0.2, 0.25) is 0 Å². The zero-order valence-electron chi connectivity index (χ0n) is 9.18. The van der Waals surface area contributed by atoms with E-state index in [2.05, 4.69) is 5.10 Å². The van der Waals surface area contributed by atoms with E-state index in [0.717, 1.165) is 16.5 Å². The smallest absolute Gasteiger partial charge is 0.125 e. The molecule has 0 saturated carbocycles. The Morgan fingerprint density at radius 2 is 1.88 bits per heavy atom. The minimum atomic E-state index is -0.229. The van der Waals surface area contributed by atoms with Crippen molar-refractivity contribution in [3.8, 4) is 0 Å². The quantitative estimate of drug-likeness (QED) is 0.656. The highest BCUT2D eigenvalue weighted by atomic mass is 19.1. The first-order valence-corrected chi connectivity index (χ1v) is 5.48. The van der Waals surface area contributed by atoms with Gasteiger partial charge in [0, 0.05) is 5.39 Å². The third kappa shape index (κ3) is 1.91. The van der Waals surface area contributed by atoms with Crippen LogP contribution in [0.2, 0.25) is 0 Å². The lowest BCUT2D eigenvalue weighted by Crippen LogP contribution is -2.01. The highest BCUT2D eigenvalue weighted by Gasteiger charge is 2.04. The molecule has 0 aliphatic carbocycles. The number of hydrogen-bond acceptors (Lipinski definition) is 1. The fraction of sp³-hybridized carbons (Fsp3) is 0.0714. The summed E-state index contributed by atoms with van der Waals surface area (Å²) in [6.45, 7) is 0.661. The molecule has 84 valence electrons. The SMILES string of the molecule is Fc1ccc2cnn(Cc3ccccc3)c2c1. The van der Waals surface area contributed by atoms with Gasteiger partial charge in [-0.25, -0.2) is 4.39 Å². The van der Waals surface area contributed by atoms with E-state index in [-0.39, 0.29) is 5.82 Å². The predicted molar refractivity (Wildman–Crippen MR) is 65.2 cm³/mol. The van der Waals surface area contributed by atoms with Gasteiger partial charge in [0.15, 0.2) is 0 Å². The van der Waals surface area contributed by atoms with Crippen molar-refractivity contribution in [2.24, 2.45) is 0 Å². The van der Waals surface area contributed by atoms with Gasteiger partial charge >= 0.3 is 0 Å². The number of benzene rings is 2. The molecule has 1 heterocycles. The van der Waals surface area contributed by atoms with Gasteiger partial charge in [-0.3, -0.25) is 4.68 Å². The van der Waals surface area contributed by atoms with Crippen molar-refractivity contribution >= 4 is 10.9 Å². The van der Waals surface area contributed by atoms with Gasteiger partial charge in [-0.2, -0.15) is 5.10 Å². The van der Waals surface area contributed by atoms with Crippen LogP contribution in [-0.4, -0.2) is 9.78 Å². The average Bonchev–Trinajstić information content (AvgIpc) is 2.73. The van der Waals surface area contributed by atoms with Gasteiger partial charge in [0.1, 0.15) is 5.82 Å². The third-order valence-electron chi connectivity index (χ3n) is 2.78. The first-order chi connectivity index (χ1) is 8.33. The molecule has 1 aromatic heterocycles. The van der Waals surface area contributed by atoms with Crippen LogP contribution in [0.5, 0.6) is 0 Å². The molecule has 17 heavy (non-hydrogen) atoms. The molecule has 0 bridgehead atoms. The first kappa shape index (κ1) is 10.0. The van der Waals surface area contributed by atoms with Gasteiger partial charge < -0.3 is 0 Å². The topological polar surface area (TPSA) is 17.8 Å². The van der Waals surface area contributed by atoms with Gasteiger partial charge in [0.05, 0.1) is 18.3 Å². The van der Waals surface area contributed by atoms with E-state index in [1.165, 1.54) is 12.1 Å². The Labute approximate surface area is 98.3 Å². The van der Waals surface area contributed by atoms with E-state index < -0.39 is 0 Å². The zero-order valence-corrected chi connectivity index (χ0v) is 9.18. The van der Waals surface area contributed by atoms with Crippen LogP contribution in [0.15, 0.2) is 54.7 Å². The Hall–Kier alpha value is -2.16. The molecule has 2 nitrogen and oxygen atoms in total. The minimum absolute atomic E-state index is 0.229. The molecule has 0 unspecified atom stereocenters. The molecule has 3 rings (SSSR count). The molecule has 0 aliphatic heterocycles. The molecule has 0 fully saturated rings. The number of nitrogens with zero attached hydrogens (tertiary/aromatic N) is 2. The van der Waals surface area contributed by atoms with E-state index in [1.54, 1.807) is 12.3 Å². The van der Waals surface area contributed by atoms with Crippen LogP contribution in [0.25, 0.3) is 10.9 Å². The number of aromatic nitrogens is 2. The minimum Gasteiger partial charge on any atom is -0.260 e. The van der Waals surface area contributed by atoms with E-state index >= 15 is 0 Å². The Kier molecular flexibility index (Phi) is 2.37. The lowest BCUT2D eigenvalue weighted by Gasteiger charge is -2.03. The Morgan fingerprint density at radius 1 is 1.06 bits per heavy atom. The molecule has 0 spiro atoms. The molecule has 3 aromatic rings. The van der Waals surface area contributed by atoms with Crippen LogP contribution in [-0.2, 0) is 6.54 Å². The van der Waals surface area contributed by atoms with Crippen molar-refractivity contribution in [1.29, 1.82) is 0 Å². The summed E-state index contributed by atoms with van der Waals surface area (Å²) in [4.78, 5) is 0. The molecule has 2 aromatic carbocycles. The molecule has 0 aliphatic rings. The standard InChI is InChI=1S/C14H11FN2/c15-13-7-6-12-9-16-17(14(12)8-13)10-11-4-2-1-3-5-11/h1-9H,10H2. The zero-order chi connectivity index (χ0) is 11.7. The summed E-state index contributed by atoms with van der Waals surface area (Å²) in [6, 6.07) is 14.7. The summed E-state index contributed by atoms with van der Waals surface area (Å²) in [5, 5.41) is 5.24. The first-order valence-electron chi connectivity index (χ1n) is 5.48. The van der Waals surface area contributed by atoms with E-state index in [9.17, 15) is 4.39 Å². The summed E-state index contributed by atoms with van der Waals surface area (Å²) < 4.78 is 15.0. The maximum Gasteiger partial charge on any atom is 0.125 e. The molecular weight excluding hydrogens is 215 g/mol. The van der Waals surface area contributed by atoms with Crippen molar-refractivity contribution in [3.63, 3.8) is 0 Å². The van der Waals surface area contributed by atoms with E-state index in [4.69, 9.17) is 0 Å². The maximum atomic E-state index is 13.2. The van der Waals surface area contributed by atoms with Gasteiger partial charge in [-0.05, 0) is 23.8 Å². The maximum absolute atomic E-state index is 13.2. The molecule has 3 heteroatoms. The fourth-order valence-corrected chi connectivity index (χ4v) is 1.93. The van der Waals surface area contributed by atoms with E-state index in [0.29, 0.717) is 6.54 Å². The summed E-state index contributed by atoms with van der Waals surface area (Å²) in [5.74, 6) is -0.229. The van der Waals surface area contributed by atoms with Gasteiger partial charge in [-0.1, -0.05) is 30.3 Å². The Bertz CT molecular complexity index is 644. The summed E-state index contributed by atoms with van der Waals surface area (Å²) >= 11 is 0. The molecule has 0 N–H and O–H groups in total. The van der Waals surface area contributed by atoms with Crippen molar-refractivity contribution in [2.45, 2.75) is 6.54 Å². The van der Waals surface area contributed by atoms with Crippen LogP contribution < -0.4 is 0 Å². The lowest BCUT2D eigenvalue weighted by molar-refractivity contribution is 0.626. The van der Waals surface area contributed by atoms with Crippen molar-refractivity contribution in [3.05, 3.63) is 66.1 Å². The van der Waals surface area contributed by atoms with Crippen LogP contribution in [0.4, 0.5) is 4.39 Å². The fourth-order valence-electron chi connectivity index (χ4n) is 1.93. The normalized spacial score (nSPS) is 10.9. The van der Waals surface area contributed by atoms with Crippen LogP contribution in [0, 0.1) is 5.82 Å². The second-order valence-corrected chi connectivity index (χ2v) is 3.99. The number of hydrogen-bond donors (Lipinski definition) is 0. The molecule has 0 amide bonds. The number of rotatable bonds is 2. The highest BCUT2D eigenvalue weighted by Crippen LogP contribution is 2.16. The molecule has 0 radical (unpaired) electrons. The monoisotopic (exact) mass is 226 g/mol. The molecule has 0 saturated heterocycles. The average molecular weight is 226 g/mol. The number of halogens is 1. The highest BCUT2D eigenvalue weighted by molar-refractivity contribution is 5.78. The second-order valence-electron chi connectivity index (χ2n) is 3.99. The van der Waals surface area contributed by atoms with Crippen LogP contribution >= 0.6 is 0 Å².